The minimum atomic E-state index is 0.175. The molecule has 1 aromatic heterocycles. The van der Waals surface area contributed by atoms with Crippen LogP contribution in [-0.4, -0.2) is 59.0 Å². The van der Waals surface area contributed by atoms with Crippen LogP contribution in [0.5, 0.6) is 5.75 Å². The molecule has 3 rings (SSSR count). The Bertz CT molecular complexity index is 584. The zero-order valence-electron chi connectivity index (χ0n) is 12.7. The summed E-state index contributed by atoms with van der Waals surface area (Å²) in [6.45, 7) is 5.18. The lowest BCUT2D eigenvalue weighted by molar-refractivity contribution is -0.131. The van der Waals surface area contributed by atoms with Crippen molar-refractivity contribution in [1.82, 2.24) is 14.8 Å². The largest absolute Gasteiger partial charge is 0.488 e. The summed E-state index contributed by atoms with van der Waals surface area (Å²) in [6, 6.07) is 6.04. The fourth-order valence-electron chi connectivity index (χ4n) is 3.13. The predicted octanol–water partition coefficient (Wildman–Crippen LogP) is 1.03. The molecule has 0 aromatic carbocycles. The van der Waals surface area contributed by atoms with Crippen molar-refractivity contribution in [3.05, 3.63) is 24.0 Å². The van der Waals surface area contributed by atoms with Crippen molar-refractivity contribution in [3.8, 4) is 11.8 Å². The van der Waals surface area contributed by atoms with Gasteiger partial charge in [-0.2, -0.15) is 5.26 Å². The van der Waals surface area contributed by atoms with Crippen LogP contribution in [0.2, 0.25) is 0 Å². The van der Waals surface area contributed by atoms with E-state index in [1.165, 1.54) is 0 Å². The monoisotopic (exact) mass is 300 g/mol. The number of nitriles is 1. The second-order valence-electron chi connectivity index (χ2n) is 5.92. The number of ether oxygens (including phenoxy) is 1. The van der Waals surface area contributed by atoms with E-state index >= 15 is 0 Å². The molecule has 2 saturated heterocycles. The summed E-state index contributed by atoms with van der Waals surface area (Å²) in [6.07, 6.45) is 3.86. The smallest absolute Gasteiger partial charge is 0.219 e. The normalized spacial score (nSPS) is 20.3. The standard InChI is InChI=1S/C16H20N4O2/c1-12(21)19-6-3-14(4-7-19)20-10-16(11-20)22-15-2-5-18-13(8-15)9-17/h2,5,8,14,16H,3-4,6-7,10-11H2,1H3. The van der Waals surface area contributed by atoms with Gasteiger partial charge in [0.15, 0.2) is 0 Å². The number of hydrogen-bond donors (Lipinski definition) is 0. The number of carbonyl (C=O) groups is 1. The Labute approximate surface area is 130 Å². The van der Waals surface area contributed by atoms with Crippen LogP contribution in [0.25, 0.3) is 0 Å². The molecule has 2 aliphatic rings. The molecule has 0 spiro atoms. The number of likely N-dealkylation sites (tertiary alicyclic amines) is 2. The summed E-state index contributed by atoms with van der Waals surface area (Å²) in [5, 5.41) is 8.84. The van der Waals surface area contributed by atoms with Crippen LogP contribution in [0, 0.1) is 11.3 Å². The first kappa shape index (κ1) is 14.8. The first-order valence-electron chi connectivity index (χ1n) is 7.68. The van der Waals surface area contributed by atoms with Crippen LogP contribution < -0.4 is 4.74 Å². The number of rotatable bonds is 3. The molecular formula is C16H20N4O2. The summed E-state index contributed by atoms with van der Waals surface area (Å²) in [5.74, 6) is 0.886. The van der Waals surface area contributed by atoms with E-state index in [0.29, 0.717) is 17.5 Å². The molecule has 0 N–H and O–H groups in total. The summed E-state index contributed by atoms with van der Waals surface area (Å²) < 4.78 is 5.88. The predicted molar refractivity (Wildman–Crippen MR) is 80.2 cm³/mol. The Hall–Kier alpha value is -2.13. The van der Waals surface area contributed by atoms with Crippen molar-refractivity contribution in [3.63, 3.8) is 0 Å². The number of hydrogen-bond acceptors (Lipinski definition) is 5. The van der Waals surface area contributed by atoms with Gasteiger partial charge in [0.1, 0.15) is 23.6 Å². The summed E-state index contributed by atoms with van der Waals surface area (Å²) in [7, 11) is 0. The van der Waals surface area contributed by atoms with E-state index in [1.54, 1.807) is 25.3 Å². The third-order valence-electron chi connectivity index (χ3n) is 4.45. The molecule has 116 valence electrons. The van der Waals surface area contributed by atoms with E-state index in [9.17, 15) is 4.79 Å². The molecule has 2 aliphatic heterocycles. The van der Waals surface area contributed by atoms with Gasteiger partial charge in [0, 0.05) is 51.4 Å². The van der Waals surface area contributed by atoms with Crippen LogP contribution >= 0.6 is 0 Å². The highest BCUT2D eigenvalue weighted by Crippen LogP contribution is 2.24. The lowest BCUT2D eigenvalue weighted by Gasteiger charge is -2.46. The molecule has 0 bridgehead atoms. The van der Waals surface area contributed by atoms with Gasteiger partial charge < -0.3 is 9.64 Å². The maximum Gasteiger partial charge on any atom is 0.219 e. The molecule has 2 fully saturated rings. The van der Waals surface area contributed by atoms with Crippen LogP contribution in [0.4, 0.5) is 0 Å². The quantitative estimate of drug-likeness (QED) is 0.834. The van der Waals surface area contributed by atoms with Gasteiger partial charge in [-0.25, -0.2) is 4.98 Å². The van der Waals surface area contributed by atoms with E-state index in [0.717, 1.165) is 39.0 Å². The lowest BCUT2D eigenvalue weighted by atomic mass is 9.98. The summed E-state index contributed by atoms with van der Waals surface area (Å²) in [5.41, 5.74) is 0.380. The Morgan fingerprint density at radius 3 is 2.77 bits per heavy atom. The second-order valence-corrected chi connectivity index (χ2v) is 5.92. The summed E-state index contributed by atoms with van der Waals surface area (Å²) in [4.78, 5) is 19.6. The molecule has 1 aromatic rings. The maximum absolute atomic E-state index is 11.3. The molecule has 0 saturated carbocycles. The molecule has 0 unspecified atom stereocenters. The Morgan fingerprint density at radius 2 is 2.14 bits per heavy atom. The number of amides is 1. The number of aromatic nitrogens is 1. The minimum Gasteiger partial charge on any atom is -0.488 e. The molecule has 0 atom stereocenters. The van der Waals surface area contributed by atoms with Crippen LogP contribution in [0.15, 0.2) is 18.3 Å². The number of piperidine rings is 1. The van der Waals surface area contributed by atoms with Gasteiger partial charge in [0.2, 0.25) is 5.91 Å². The SMILES string of the molecule is CC(=O)N1CCC(N2CC(Oc3ccnc(C#N)c3)C2)CC1. The summed E-state index contributed by atoms with van der Waals surface area (Å²) >= 11 is 0. The first-order valence-corrected chi connectivity index (χ1v) is 7.68. The van der Waals surface area contributed by atoms with Crippen LogP contribution in [0.1, 0.15) is 25.5 Å². The van der Waals surface area contributed by atoms with Gasteiger partial charge in [-0.05, 0) is 18.9 Å². The second kappa shape index (κ2) is 6.32. The minimum absolute atomic E-state index is 0.175. The third-order valence-corrected chi connectivity index (χ3v) is 4.45. The van der Waals surface area contributed by atoms with Crippen molar-refractivity contribution < 1.29 is 9.53 Å². The van der Waals surface area contributed by atoms with E-state index in [4.69, 9.17) is 10.00 Å². The van der Waals surface area contributed by atoms with Crippen molar-refractivity contribution >= 4 is 5.91 Å². The molecule has 0 aliphatic carbocycles. The highest BCUT2D eigenvalue weighted by atomic mass is 16.5. The molecule has 1 amide bonds. The van der Waals surface area contributed by atoms with E-state index < -0.39 is 0 Å². The lowest BCUT2D eigenvalue weighted by Crippen LogP contribution is -2.59. The highest BCUT2D eigenvalue weighted by molar-refractivity contribution is 5.73. The first-order chi connectivity index (χ1) is 10.7. The van der Waals surface area contributed by atoms with E-state index in [1.807, 2.05) is 11.0 Å². The molecule has 6 heteroatoms. The van der Waals surface area contributed by atoms with Gasteiger partial charge in [0.25, 0.3) is 0 Å². The van der Waals surface area contributed by atoms with Crippen molar-refractivity contribution in [2.75, 3.05) is 26.2 Å². The van der Waals surface area contributed by atoms with Gasteiger partial charge in [0.05, 0.1) is 0 Å². The van der Waals surface area contributed by atoms with Crippen molar-refractivity contribution in [2.45, 2.75) is 31.9 Å². The van der Waals surface area contributed by atoms with Crippen molar-refractivity contribution in [2.24, 2.45) is 0 Å². The fraction of sp³-hybridized carbons (Fsp3) is 0.562. The number of carbonyl (C=O) groups excluding carboxylic acids is 1. The zero-order chi connectivity index (χ0) is 15.5. The molecule has 6 nitrogen and oxygen atoms in total. The van der Waals surface area contributed by atoms with Gasteiger partial charge in [-0.15, -0.1) is 0 Å². The maximum atomic E-state index is 11.3. The van der Waals surface area contributed by atoms with E-state index in [2.05, 4.69) is 9.88 Å². The Kier molecular flexibility index (Phi) is 4.25. The Balaban J connectivity index is 1.45. The molecular weight excluding hydrogens is 280 g/mol. The van der Waals surface area contributed by atoms with Crippen molar-refractivity contribution in [1.29, 1.82) is 5.26 Å². The third kappa shape index (κ3) is 3.20. The van der Waals surface area contributed by atoms with E-state index in [-0.39, 0.29) is 12.0 Å². The Morgan fingerprint density at radius 1 is 1.41 bits per heavy atom. The van der Waals surface area contributed by atoms with Crippen LogP contribution in [-0.2, 0) is 4.79 Å². The molecule has 22 heavy (non-hydrogen) atoms. The molecule has 0 radical (unpaired) electrons. The zero-order valence-corrected chi connectivity index (χ0v) is 12.7. The fourth-order valence-corrected chi connectivity index (χ4v) is 3.13. The molecule has 3 heterocycles. The van der Waals surface area contributed by atoms with Crippen LogP contribution in [0.3, 0.4) is 0 Å². The average Bonchev–Trinajstić information content (AvgIpc) is 2.51. The van der Waals surface area contributed by atoms with Gasteiger partial charge in [-0.3, -0.25) is 9.69 Å². The van der Waals surface area contributed by atoms with Gasteiger partial charge in [-0.1, -0.05) is 0 Å². The number of nitrogens with zero attached hydrogens (tertiary/aromatic N) is 4. The number of pyridine rings is 1. The highest BCUT2D eigenvalue weighted by Gasteiger charge is 2.35. The average molecular weight is 300 g/mol. The topological polar surface area (TPSA) is 69.5 Å². The van der Waals surface area contributed by atoms with Gasteiger partial charge >= 0.3 is 0 Å².